The molecule has 9 nitrogen and oxygen atoms in total. The Morgan fingerprint density at radius 1 is 1.34 bits per heavy atom. The summed E-state index contributed by atoms with van der Waals surface area (Å²) in [6, 6.07) is 2.22. The number of carbonyl (C=O) groups is 1. The fourth-order valence-electron chi connectivity index (χ4n) is 4.26. The molecule has 1 aliphatic heterocycles. The minimum absolute atomic E-state index is 0.127. The minimum Gasteiger partial charge on any atom is -0.494 e. The first kappa shape index (κ1) is 22.4. The van der Waals surface area contributed by atoms with Crippen LogP contribution < -0.4 is 0 Å². The fraction of sp³-hybridized carbons (Fsp3) is 0.476. The van der Waals surface area contributed by atoms with E-state index in [0.29, 0.717) is 24.2 Å². The SMILES string of the molecule is CCOC1=CCC(S(=O)(=O)N2C[C@@H](C)[C@@H](n3nc(CC(=O)O)c4ccc(F)nc43)C2)C=C1. The number of hydrogen-bond donors (Lipinski definition) is 1. The van der Waals surface area contributed by atoms with Gasteiger partial charge in [-0.15, -0.1) is 0 Å². The zero-order valence-electron chi connectivity index (χ0n) is 17.8. The summed E-state index contributed by atoms with van der Waals surface area (Å²) in [4.78, 5) is 15.2. The number of aromatic nitrogens is 3. The lowest BCUT2D eigenvalue weighted by atomic mass is 10.1. The van der Waals surface area contributed by atoms with E-state index in [4.69, 9.17) is 4.74 Å². The van der Waals surface area contributed by atoms with Crippen LogP contribution in [0, 0.1) is 11.9 Å². The van der Waals surface area contributed by atoms with E-state index in [1.165, 1.54) is 15.1 Å². The van der Waals surface area contributed by atoms with E-state index >= 15 is 0 Å². The Bertz CT molecular complexity index is 1210. The number of fused-ring (bicyclic) bond motifs is 1. The molecule has 2 aromatic rings. The average molecular weight is 465 g/mol. The van der Waals surface area contributed by atoms with Crippen molar-refractivity contribution < 1.29 is 27.4 Å². The second-order valence-corrected chi connectivity index (χ2v) is 10.2. The third kappa shape index (κ3) is 4.14. The van der Waals surface area contributed by atoms with Crippen molar-refractivity contribution in [3.05, 3.63) is 47.8 Å². The summed E-state index contributed by atoms with van der Waals surface area (Å²) in [5, 5.41) is 13.4. The molecule has 32 heavy (non-hydrogen) atoms. The lowest BCUT2D eigenvalue weighted by molar-refractivity contribution is -0.136. The van der Waals surface area contributed by atoms with Crippen LogP contribution >= 0.6 is 0 Å². The highest BCUT2D eigenvalue weighted by Crippen LogP contribution is 2.34. The summed E-state index contributed by atoms with van der Waals surface area (Å²) in [7, 11) is -3.63. The number of carboxylic acid groups (broad SMARTS) is 1. The zero-order valence-corrected chi connectivity index (χ0v) is 18.6. The maximum absolute atomic E-state index is 13.9. The number of rotatable bonds is 7. The average Bonchev–Trinajstić information content (AvgIpc) is 3.29. The smallest absolute Gasteiger partial charge is 0.309 e. The van der Waals surface area contributed by atoms with Gasteiger partial charge in [0.05, 0.1) is 30.0 Å². The van der Waals surface area contributed by atoms with Crippen molar-refractivity contribution in [2.24, 2.45) is 5.92 Å². The molecule has 0 bridgehead atoms. The summed E-state index contributed by atoms with van der Waals surface area (Å²) in [5.74, 6) is -1.24. The summed E-state index contributed by atoms with van der Waals surface area (Å²) < 4.78 is 48.7. The van der Waals surface area contributed by atoms with Crippen molar-refractivity contribution in [3.63, 3.8) is 0 Å². The van der Waals surface area contributed by atoms with Crippen LogP contribution in [0.2, 0.25) is 0 Å². The van der Waals surface area contributed by atoms with E-state index in [-0.39, 0.29) is 36.8 Å². The fourth-order valence-corrected chi connectivity index (χ4v) is 6.06. The molecular weight excluding hydrogens is 439 g/mol. The first-order valence-electron chi connectivity index (χ1n) is 10.5. The van der Waals surface area contributed by atoms with Crippen molar-refractivity contribution >= 4 is 27.0 Å². The summed E-state index contributed by atoms with van der Waals surface area (Å²) in [5.41, 5.74) is 0.497. The molecule has 1 saturated heterocycles. The molecule has 0 amide bonds. The lowest BCUT2D eigenvalue weighted by Gasteiger charge is -2.23. The second-order valence-electron chi connectivity index (χ2n) is 8.05. The molecule has 1 fully saturated rings. The van der Waals surface area contributed by atoms with Gasteiger partial charge < -0.3 is 9.84 Å². The van der Waals surface area contributed by atoms with E-state index < -0.39 is 33.2 Å². The Morgan fingerprint density at radius 3 is 2.78 bits per heavy atom. The number of halogens is 1. The minimum atomic E-state index is -3.63. The summed E-state index contributed by atoms with van der Waals surface area (Å²) in [6.45, 7) is 4.70. The van der Waals surface area contributed by atoms with Crippen molar-refractivity contribution in [1.82, 2.24) is 19.1 Å². The molecule has 1 unspecified atom stereocenters. The van der Waals surface area contributed by atoms with Crippen LogP contribution in [0.5, 0.6) is 0 Å². The van der Waals surface area contributed by atoms with E-state index in [1.54, 1.807) is 18.2 Å². The first-order valence-corrected chi connectivity index (χ1v) is 12.0. The van der Waals surface area contributed by atoms with Crippen molar-refractivity contribution in [1.29, 1.82) is 0 Å². The number of pyridine rings is 1. The molecule has 4 rings (SSSR count). The van der Waals surface area contributed by atoms with Gasteiger partial charge in [-0.1, -0.05) is 13.0 Å². The van der Waals surface area contributed by atoms with Crippen LogP contribution in [0.25, 0.3) is 11.0 Å². The first-order chi connectivity index (χ1) is 15.2. The highest BCUT2D eigenvalue weighted by atomic mass is 32.2. The van der Waals surface area contributed by atoms with Crippen LogP contribution in [0.1, 0.15) is 32.0 Å². The van der Waals surface area contributed by atoms with E-state index in [2.05, 4.69) is 10.1 Å². The second kappa shape index (κ2) is 8.62. The lowest BCUT2D eigenvalue weighted by Crippen LogP contribution is -2.37. The number of ether oxygens (including phenoxy) is 1. The van der Waals surface area contributed by atoms with Crippen LogP contribution in [-0.4, -0.2) is 63.5 Å². The highest BCUT2D eigenvalue weighted by molar-refractivity contribution is 7.89. The molecule has 0 aromatic carbocycles. The maximum atomic E-state index is 13.9. The maximum Gasteiger partial charge on any atom is 0.309 e. The number of sulfonamides is 1. The van der Waals surface area contributed by atoms with Gasteiger partial charge in [-0.2, -0.15) is 18.8 Å². The topological polar surface area (TPSA) is 115 Å². The van der Waals surface area contributed by atoms with Crippen LogP contribution in [0.15, 0.2) is 36.1 Å². The Morgan fingerprint density at radius 2 is 2.12 bits per heavy atom. The quantitative estimate of drug-likeness (QED) is 0.625. The van der Waals surface area contributed by atoms with E-state index in [9.17, 15) is 22.7 Å². The number of hydrogen-bond acceptors (Lipinski definition) is 6. The number of nitrogens with zero attached hydrogens (tertiary/aromatic N) is 4. The third-order valence-electron chi connectivity index (χ3n) is 5.85. The van der Waals surface area contributed by atoms with Gasteiger partial charge in [0.2, 0.25) is 16.0 Å². The van der Waals surface area contributed by atoms with Crippen molar-refractivity contribution in [2.45, 2.75) is 38.0 Å². The normalized spacial score (nSPS) is 24.1. The Labute approximate surface area is 185 Å². The number of carboxylic acids is 1. The molecule has 1 N–H and O–H groups in total. The Balaban J connectivity index is 1.61. The van der Waals surface area contributed by atoms with Gasteiger partial charge >= 0.3 is 5.97 Å². The van der Waals surface area contributed by atoms with E-state index in [0.717, 1.165) is 6.07 Å². The molecule has 0 radical (unpaired) electrons. The number of allylic oxidation sites excluding steroid dienone is 2. The van der Waals surface area contributed by atoms with Gasteiger partial charge in [0.1, 0.15) is 5.76 Å². The molecule has 3 atom stereocenters. The largest absolute Gasteiger partial charge is 0.494 e. The van der Waals surface area contributed by atoms with Crippen molar-refractivity contribution in [3.8, 4) is 0 Å². The Hall–Kier alpha value is -2.79. The molecular formula is C21H25FN4O5S. The highest BCUT2D eigenvalue weighted by Gasteiger charge is 2.41. The Kier molecular flexibility index (Phi) is 6.04. The summed E-state index contributed by atoms with van der Waals surface area (Å²) >= 11 is 0. The van der Waals surface area contributed by atoms with Crippen LogP contribution in [0.4, 0.5) is 4.39 Å². The van der Waals surface area contributed by atoms with E-state index in [1.807, 2.05) is 13.8 Å². The molecule has 11 heteroatoms. The molecule has 1 aliphatic carbocycles. The third-order valence-corrected chi connectivity index (χ3v) is 7.98. The molecule has 172 valence electrons. The molecule has 3 heterocycles. The molecule has 2 aliphatic rings. The molecule has 0 spiro atoms. The van der Waals surface area contributed by atoms with Gasteiger partial charge in [-0.05, 0) is 43.5 Å². The van der Waals surface area contributed by atoms with Crippen molar-refractivity contribution in [2.75, 3.05) is 19.7 Å². The summed E-state index contributed by atoms with van der Waals surface area (Å²) in [6.07, 6.45) is 5.08. The van der Waals surface area contributed by atoms with Gasteiger partial charge in [0.15, 0.2) is 5.65 Å². The van der Waals surface area contributed by atoms with Gasteiger partial charge in [-0.3, -0.25) is 4.79 Å². The number of aliphatic carboxylic acids is 1. The van der Waals surface area contributed by atoms with Gasteiger partial charge in [0.25, 0.3) is 0 Å². The zero-order chi connectivity index (χ0) is 23.0. The van der Waals surface area contributed by atoms with Crippen LogP contribution in [0.3, 0.4) is 0 Å². The van der Waals surface area contributed by atoms with Crippen LogP contribution in [-0.2, 0) is 26.0 Å². The van der Waals surface area contributed by atoms with Gasteiger partial charge in [-0.25, -0.2) is 13.1 Å². The predicted octanol–water partition coefficient (Wildman–Crippen LogP) is 2.27. The molecule has 2 aromatic heterocycles. The predicted molar refractivity (Wildman–Crippen MR) is 115 cm³/mol. The standard InChI is InChI=1S/C21H25FN4O5S/c1-3-31-14-4-6-15(7-5-14)32(29,30)25-11-13(2)18(12-25)26-21-16(8-9-19(22)23-21)17(24-26)10-20(27)28/h4-6,8-9,13,15,18H,3,7,10-12H2,1-2H3,(H,27,28)/t13-,15?,18+/m1/s1. The molecule has 0 saturated carbocycles. The monoisotopic (exact) mass is 464 g/mol. The van der Waals surface area contributed by atoms with Gasteiger partial charge in [0, 0.05) is 18.5 Å².